The van der Waals surface area contributed by atoms with Gasteiger partial charge in [0.25, 0.3) is 0 Å². The molecule has 0 bridgehead atoms. The van der Waals surface area contributed by atoms with E-state index in [9.17, 15) is 0 Å². The van der Waals surface area contributed by atoms with Crippen molar-refractivity contribution in [2.75, 3.05) is 4.90 Å². The molecule has 366 valence electrons. The van der Waals surface area contributed by atoms with Crippen LogP contribution in [0, 0.1) is 0 Å². The third kappa shape index (κ3) is 6.58. The van der Waals surface area contributed by atoms with Crippen LogP contribution in [0.15, 0.2) is 255 Å². The summed E-state index contributed by atoms with van der Waals surface area (Å²) in [7, 11) is 0. The van der Waals surface area contributed by atoms with Crippen LogP contribution >= 0.6 is 11.3 Å². The maximum atomic E-state index is 5.61. The lowest BCUT2D eigenvalue weighted by Gasteiger charge is -2.28. The fraction of sp³-hybridized carbons (Fsp3) is 0.0411. The molecule has 12 aromatic carbocycles. The smallest absolute Gasteiger partial charge is 0.235 e. The molecule has 1 aliphatic rings. The molecule has 0 spiro atoms. The molecule has 1 aliphatic carbocycles. The average molecular weight is 1010 g/mol. The Hall–Kier alpha value is -9.68. The number of benzene rings is 12. The maximum Gasteiger partial charge on any atom is 0.235 e. The molecule has 0 fully saturated rings. The van der Waals surface area contributed by atoms with Crippen LogP contribution in [0.4, 0.5) is 17.1 Å². The number of fused-ring (bicyclic) bond motifs is 18. The zero-order chi connectivity index (χ0) is 51.6. The quantitative estimate of drug-likeness (QED) is 0.149. The van der Waals surface area contributed by atoms with Crippen molar-refractivity contribution in [3.8, 4) is 50.7 Å². The molecule has 0 radical (unpaired) electrons. The van der Waals surface area contributed by atoms with E-state index in [0.29, 0.717) is 5.95 Å². The Labute approximate surface area is 455 Å². The van der Waals surface area contributed by atoms with Crippen LogP contribution < -0.4 is 4.90 Å². The summed E-state index contributed by atoms with van der Waals surface area (Å²) < 4.78 is 4.87. The third-order valence-corrected chi connectivity index (χ3v) is 17.8. The van der Waals surface area contributed by atoms with E-state index in [1.54, 1.807) is 0 Å². The molecular weight excluding hydrogens is 965 g/mol. The Morgan fingerprint density at radius 3 is 1.51 bits per heavy atom. The fourth-order valence-corrected chi connectivity index (χ4v) is 14.4. The molecule has 0 atom stereocenters. The molecule has 4 nitrogen and oxygen atoms in total. The zero-order valence-electron chi connectivity index (χ0n) is 42.9. The summed E-state index contributed by atoms with van der Waals surface area (Å²) in [6.07, 6.45) is 0. The lowest BCUT2D eigenvalue weighted by Crippen LogP contribution is -2.16. The van der Waals surface area contributed by atoms with Crippen molar-refractivity contribution >= 4 is 103 Å². The first-order chi connectivity index (χ1) is 38.5. The van der Waals surface area contributed by atoms with Crippen LogP contribution in [0.2, 0.25) is 0 Å². The van der Waals surface area contributed by atoms with Crippen molar-refractivity contribution in [2.45, 2.75) is 19.3 Å². The van der Waals surface area contributed by atoms with Gasteiger partial charge >= 0.3 is 0 Å². The molecule has 0 N–H and O–H groups in total. The Morgan fingerprint density at radius 1 is 0.359 bits per heavy atom. The van der Waals surface area contributed by atoms with Gasteiger partial charge in [0, 0.05) is 64.9 Å². The second-order valence-electron chi connectivity index (χ2n) is 21.2. The van der Waals surface area contributed by atoms with Crippen LogP contribution in [-0.4, -0.2) is 14.5 Å². The van der Waals surface area contributed by atoms with Gasteiger partial charge in [-0.3, -0.25) is 4.57 Å². The number of anilines is 3. The van der Waals surface area contributed by atoms with Crippen LogP contribution in [0.1, 0.15) is 25.0 Å². The summed E-state index contributed by atoms with van der Waals surface area (Å²) in [5, 5.41) is 12.0. The average Bonchev–Trinajstić information content (AvgIpc) is 4.35. The summed E-state index contributed by atoms with van der Waals surface area (Å²) in [5.74, 6) is 0.633. The molecular formula is C73H48N4S. The van der Waals surface area contributed by atoms with Gasteiger partial charge < -0.3 is 4.90 Å². The molecule has 0 unspecified atom stereocenters. The number of rotatable bonds is 7. The summed E-state index contributed by atoms with van der Waals surface area (Å²) in [4.78, 5) is 13.7. The SMILES string of the molecule is CC1(C)c2ccccc2-c2ccc(N(c3ccc(-c4ccccc4)cc3)c3cccc4c3sc3c4c4ccccc4c4c3c3c5ccccc5c5ccccc5c3n4-c3nc(-c4ccccc4)cc(-c4ccccc4)n3)cc21. The molecule has 16 rings (SSSR count). The summed E-state index contributed by atoms with van der Waals surface area (Å²) in [5.41, 5.74) is 16.9. The fourth-order valence-electron chi connectivity index (χ4n) is 13.0. The first kappa shape index (κ1) is 44.6. The molecule has 78 heavy (non-hydrogen) atoms. The van der Waals surface area contributed by atoms with E-state index in [4.69, 9.17) is 9.97 Å². The Kier molecular flexibility index (Phi) is 9.82. The van der Waals surface area contributed by atoms with Crippen LogP contribution in [-0.2, 0) is 5.41 Å². The second-order valence-corrected chi connectivity index (χ2v) is 22.2. The predicted octanol–water partition coefficient (Wildman–Crippen LogP) is 20.2. The highest BCUT2D eigenvalue weighted by Crippen LogP contribution is 2.55. The number of nitrogens with zero attached hydrogens (tertiary/aromatic N) is 4. The number of hydrogen-bond donors (Lipinski definition) is 0. The number of hydrogen-bond acceptors (Lipinski definition) is 4. The first-order valence-corrected chi connectivity index (χ1v) is 27.6. The van der Waals surface area contributed by atoms with Gasteiger partial charge in [0.1, 0.15) is 0 Å². The lowest BCUT2D eigenvalue weighted by atomic mass is 9.82. The van der Waals surface area contributed by atoms with Crippen molar-refractivity contribution < 1.29 is 0 Å². The minimum atomic E-state index is -0.174. The van der Waals surface area contributed by atoms with Gasteiger partial charge in [-0.2, -0.15) is 0 Å². The van der Waals surface area contributed by atoms with E-state index in [-0.39, 0.29) is 5.41 Å². The van der Waals surface area contributed by atoms with Crippen molar-refractivity contribution in [2.24, 2.45) is 0 Å². The molecule has 0 amide bonds. The van der Waals surface area contributed by atoms with Crippen molar-refractivity contribution in [3.63, 3.8) is 0 Å². The number of aromatic nitrogens is 3. The third-order valence-electron chi connectivity index (χ3n) is 16.6. The van der Waals surface area contributed by atoms with Gasteiger partial charge in [0.05, 0.1) is 32.8 Å². The minimum absolute atomic E-state index is 0.174. The Balaban J connectivity index is 1.04. The molecule has 15 aromatic rings. The van der Waals surface area contributed by atoms with Gasteiger partial charge in [0.15, 0.2) is 0 Å². The van der Waals surface area contributed by atoms with E-state index >= 15 is 0 Å². The van der Waals surface area contributed by atoms with E-state index < -0.39 is 0 Å². The molecule has 3 heterocycles. The largest absolute Gasteiger partial charge is 0.309 e. The molecule has 3 aromatic heterocycles. The lowest BCUT2D eigenvalue weighted by molar-refractivity contribution is 0.660. The second kappa shape index (κ2) is 17.2. The zero-order valence-corrected chi connectivity index (χ0v) is 43.8. The van der Waals surface area contributed by atoms with Gasteiger partial charge in [-0.25, -0.2) is 9.97 Å². The van der Waals surface area contributed by atoms with Crippen molar-refractivity contribution in [1.29, 1.82) is 0 Å². The molecule has 0 aliphatic heterocycles. The highest BCUT2D eigenvalue weighted by atomic mass is 32.1. The van der Waals surface area contributed by atoms with Crippen molar-refractivity contribution in [3.05, 3.63) is 266 Å². The van der Waals surface area contributed by atoms with Crippen molar-refractivity contribution in [1.82, 2.24) is 14.5 Å². The first-order valence-electron chi connectivity index (χ1n) is 26.8. The molecule has 0 saturated heterocycles. The van der Waals surface area contributed by atoms with E-state index in [0.717, 1.165) is 61.4 Å². The van der Waals surface area contributed by atoms with E-state index in [2.05, 4.69) is 278 Å². The predicted molar refractivity (Wildman–Crippen MR) is 330 cm³/mol. The Bertz CT molecular complexity index is 4860. The summed E-state index contributed by atoms with van der Waals surface area (Å²) in [6.45, 7) is 4.75. The van der Waals surface area contributed by atoms with Crippen LogP contribution in [0.5, 0.6) is 0 Å². The topological polar surface area (TPSA) is 34.0 Å². The summed E-state index contributed by atoms with van der Waals surface area (Å²) in [6, 6.07) is 92.9. The highest BCUT2D eigenvalue weighted by molar-refractivity contribution is 7.27. The molecule has 5 heteroatoms. The minimum Gasteiger partial charge on any atom is -0.309 e. The van der Waals surface area contributed by atoms with Gasteiger partial charge in [-0.05, 0) is 91.3 Å². The van der Waals surface area contributed by atoms with Gasteiger partial charge in [0.2, 0.25) is 5.95 Å². The normalized spacial score (nSPS) is 12.8. The Morgan fingerprint density at radius 2 is 0.846 bits per heavy atom. The summed E-state index contributed by atoms with van der Waals surface area (Å²) >= 11 is 1.91. The van der Waals surface area contributed by atoms with E-state index in [1.807, 2.05) is 11.3 Å². The van der Waals surface area contributed by atoms with Gasteiger partial charge in [-0.1, -0.05) is 232 Å². The monoisotopic (exact) mass is 1010 g/mol. The highest BCUT2D eigenvalue weighted by Gasteiger charge is 2.36. The van der Waals surface area contributed by atoms with Crippen LogP contribution in [0.25, 0.3) is 125 Å². The number of thiophene rings is 1. The van der Waals surface area contributed by atoms with E-state index in [1.165, 1.54) is 85.9 Å². The van der Waals surface area contributed by atoms with Gasteiger partial charge in [-0.15, -0.1) is 11.3 Å². The molecule has 0 saturated carbocycles. The maximum absolute atomic E-state index is 5.61. The standard InChI is InChI=1S/C73H48N4S/c1-73(2)60-35-19-18-29-53(60)54-42-41-50(43-61(54)73)76(49-39-37-46(38-40-49)45-21-6-3-7-22-45)64-36-20-34-59-65-56-31-15-17-33-58(56)69-67(71(65)78-70(59)64)66-55-30-14-12-27-51(55)52-28-13-16-32-57(52)68(66)77(69)72-74-62(47-23-8-4-9-24-47)44-63(75-72)48-25-10-5-11-26-48/h3-44H,1-2H3. The van der Waals surface area contributed by atoms with Crippen LogP contribution in [0.3, 0.4) is 0 Å².